The van der Waals surface area contributed by atoms with Crippen LogP contribution in [0.3, 0.4) is 0 Å². The third-order valence-electron chi connectivity index (χ3n) is 2.42. The Kier molecular flexibility index (Phi) is 6.09. The zero-order valence-corrected chi connectivity index (χ0v) is 11.1. The average molecular weight is 254 g/mol. The van der Waals surface area contributed by atoms with Crippen molar-refractivity contribution < 1.29 is 4.74 Å². The van der Waals surface area contributed by atoms with Crippen molar-refractivity contribution in [2.75, 3.05) is 13.2 Å². The monoisotopic (exact) mass is 253 g/mol. The summed E-state index contributed by atoms with van der Waals surface area (Å²) in [5.74, 6) is 0.736. The summed E-state index contributed by atoms with van der Waals surface area (Å²) in [6, 6.07) is 5.89. The van der Waals surface area contributed by atoms with E-state index in [0.29, 0.717) is 11.6 Å². The highest BCUT2D eigenvalue weighted by atomic mass is 35.5. The molecule has 0 radical (unpaired) electrons. The van der Waals surface area contributed by atoms with Crippen LogP contribution in [0.15, 0.2) is 30.4 Å². The van der Waals surface area contributed by atoms with Gasteiger partial charge >= 0.3 is 0 Å². The second-order valence-corrected chi connectivity index (χ2v) is 4.60. The van der Waals surface area contributed by atoms with Crippen molar-refractivity contribution in [2.24, 2.45) is 5.73 Å². The molecule has 1 aromatic rings. The highest BCUT2D eigenvalue weighted by molar-refractivity contribution is 6.32. The van der Waals surface area contributed by atoms with Gasteiger partial charge in [-0.3, -0.25) is 0 Å². The van der Waals surface area contributed by atoms with Crippen LogP contribution in [0.2, 0.25) is 5.02 Å². The van der Waals surface area contributed by atoms with Gasteiger partial charge in [0, 0.05) is 0 Å². The Bertz CT molecular complexity index is 376. The molecule has 0 saturated carbocycles. The first-order chi connectivity index (χ1) is 8.15. The smallest absolute Gasteiger partial charge is 0.138 e. The largest absolute Gasteiger partial charge is 0.488 e. The lowest BCUT2D eigenvalue weighted by atomic mass is 10.1. The van der Waals surface area contributed by atoms with Gasteiger partial charge in [0.2, 0.25) is 0 Å². The lowest BCUT2D eigenvalue weighted by molar-refractivity contribution is 0.352. The number of unbranched alkanes of at least 4 members (excludes halogenated alkanes) is 1. The maximum absolute atomic E-state index is 6.29. The van der Waals surface area contributed by atoms with Crippen molar-refractivity contribution in [3.8, 4) is 5.75 Å². The average Bonchev–Trinajstić information content (AvgIpc) is 2.30. The van der Waals surface area contributed by atoms with Gasteiger partial charge in [-0.2, -0.15) is 0 Å². The van der Waals surface area contributed by atoms with Gasteiger partial charge in [0.15, 0.2) is 0 Å². The molecule has 0 atom stereocenters. The highest BCUT2D eigenvalue weighted by Gasteiger charge is 2.06. The minimum Gasteiger partial charge on any atom is -0.488 e. The first-order valence-electron chi connectivity index (χ1n) is 5.89. The van der Waals surface area contributed by atoms with Crippen molar-refractivity contribution in [1.29, 1.82) is 0 Å². The molecule has 1 rings (SSSR count). The fraction of sp³-hybridized carbons (Fsp3) is 0.429. The van der Waals surface area contributed by atoms with Crippen LogP contribution in [0.5, 0.6) is 5.75 Å². The lowest BCUT2D eigenvalue weighted by Crippen LogP contribution is -2.01. The van der Waals surface area contributed by atoms with E-state index in [4.69, 9.17) is 22.1 Å². The normalized spacial score (nSPS) is 10.3. The topological polar surface area (TPSA) is 35.2 Å². The van der Waals surface area contributed by atoms with Crippen LogP contribution in [0.1, 0.15) is 25.3 Å². The van der Waals surface area contributed by atoms with Crippen LogP contribution in [0.25, 0.3) is 0 Å². The number of hydrogen-bond acceptors (Lipinski definition) is 2. The molecule has 0 aliphatic rings. The zero-order chi connectivity index (χ0) is 12.7. The van der Waals surface area contributed by atoms with Crippen LogP contribution in [0, 0.1) is 0 Å². The van der Waals surface area contributed by atoms with E-state index in [2.05, 4.69) is 6.58 Å². The van der Waals surface area contributed by atoms with Crippen molar-refractivity contribution in [3.05, 3.63) is 40.9 Å². The summed E-state index contributed by atoms with van der Waals surface area (Å²) >= 11 is 6.29. The van der Waals surface area contributed by atoms with Crippen LogP contribution in [-0.4, -0.2) is 13.2 Å². The fourth-order valence-corrected chi connectivity index (χ4v) is 1.80. The first kappa shape index (κ1) is 14.1. The van der Waals surface area contributed by atoms with Crippen LogP contribution < -0.4 is 10.5 Å². The molecule has 0 aliphatic carbocycles. The molecular formula is C14H20ClNO. The summed E-state index contributed by atoms with van der Waals surface area (Å²) < 4.78 is 5.59. The van der Waals surface area contributed by atoms with Gasteiger partial charge in [0.05, 0.1) is 5.02 Å². The van der Waals surface area contributed by atoms with Gasteiger partial charge in [-0.25, -0.2) is 0 Å². The van der Waals surface area contributed by atoms with E-state index in [-0.39, 0.29) is 0 Å². The summed E-state index contributed by atoms with van der Waals surface area (Å²) in [6.45, 7) is 6.96. The Labute approximate surface area is 108 Å². The summed E-state index contributed by atoms with van der Waals surface area (Å²) in [4.78, 5) is 0. The van der Waals surface area contributed by atoms with Crippen molar-refractivity contribution in [3.63, 3.8) is 0 Å². The van der Waals surface area contributed by atoms with E-state index in [1.165, 1.54) is 0 Å². The zero-order valence-electron chi connectivity index (χ0n) is 10.3. The summed E-state index contributed by atoms with van der Waals surface area (Å²) in [5, 5.41) is 0.714. The molecule has 0 aliphatic heterocycles. The molecule has 94 valence electrons. The maximum atomic E-state index is 6.29. The molecular weight excluding hydrogens is 234 g/mol. The SMILES string of the molecule is C=C(C)COc1cccc(CCCCN)c1Cl. The number of benzene rings is 1. The third kappa shape index (κ3) is 4.80. The predicted octanol–water partition coefficient (Wildman–Crippen LogP) is 3.58. The highest BCUT2D eigenvalue weighted by Crippen LogP contribution is 2.29. The van der Waals surface area contributed by atoms with E-state index in [1.54, 1.807) is 0 Å². The molecule has 0 amide bonds. The summed E-state index contributed by atoms with van der Waals surface area (Å²) in [6.07, 6.45) is 3.02. The van der Waals surface area contributed by atoms with E-state index in [0.717, 1.165) is 42.7 Å². The molecule has 0 heterocycles. The molecule has 0 fully saturated rings. The van der Waals surface area contributed by atoms with Gasteiger partial charge in [-0.15, -0.1) is 0 Å². The third-order valence-corrected chi connectivity index (χ3v) is 2.85. The van der Waals surface area contributed by atoms with Gasteiger partial charge in [-0.05, 0) is 49.9 Å². The molecule has 1 aromatic carbocycles. The molecule has 0 spiro atoms. The molecule has 0 saturated heterocycles. The summed E-state index contributed by atoms with van der Waals surface area (Å²) in [7, 11) is 0. The van der Waals surface area contributed by atoms with Crippen molar-refractivity contribution in [2.45, 2.75) is 26.2 Å². The standard InChI is InChI=1S/C14H20ClNO/c1-11(2)10-17-13-8-5-7-12(14(13)15)6-3-4-9-16/h5,7-8H,1,3-4,6,9-10,16H2,2H3. The first-order valence-corrected chi connectivity index (χ1v) is 6.27. The number of hydrogen-bond donors (Lipinski definition) is 1. The molecule has 0 unspecified atom stereocenters. The Hall–Kier alpha value is -0.990. The van der Waals surface area contributed by atoms with Crippen molar-refractivity contribution in [1.82, 2.24) is 0 Å². The molecule has 2 N–H and O–H groups in total. The number of nitrogens with two attached hydrogens (primary N) is 1. The Balaban J connectivity index is 2.66. The fourth-order valence-electron chi connectivity index (χ4n) is 1.52. The molecule has 17 heavy (non-hydrogen) atoms. The minimum atomic E-state index is 0.506. The second kappa shape index (κ2) is 7.36. The Morgan fingerprint density at radius 1 is 1.41 bits per heavy atom. The number of ether oxygens (including phenoxy) is 1. The van der Waals surface area contributed by atoms with E-state index in [9.17, 15) is 0 Å². The van der Waals surface area contributed by atoms with Crippen LogP contribution >= 0.6 is 11.6 Å². The molecule has 3 heteroatoms. The maximum Gasteiger partial charge on any atom is 0.138 e. The molecule has 2 nitrogen and oxygen atoms in total. The van der Waals surface area contributed by atoms with Crippen LogP contribution in [0.4, 0.5) is 0 Å². The number of rotatable bonds is 7. The Morgan fingerprint density at radius 2 is 2.18 bits per heavy atom. The van der Waals surface area contributed by atoms with E-state index in [1.807, 2.05) is 25.1 Å². The van der Waals surface area contributed by atoms with Crippen LogP contribution in [-0.2, 0) is 6.42 Å². The van der Waals surface area contributed by atoms with E-state index < -0.39 is 0 Å². The summed E-state index contributed by atoms with van der Waals surface area (Å²) in [5.41, 5.74) is 7.58. The molecule has 0 bridgehead atoms. The predicted molar refractivity (Wildman–Crippen MR) is 73.8 cm³/mol. The van der Waals surface area contributed by atoms with Crippen molar-refractivity contribution >= 4 is 11.6 Å². The van der Waals surface area contributed by atoms with Gasteiger partial charge < -0.3 is 10.5 Å². The molecule has 0 aromatic heterocycles. The second-order valence-electron chi connectivity index (χ2n) is 4.22. The van der Waals surface area contributed by atoms with Gasteiger partial charge in [0.1, 0.15) is 12.4 Å². The van der Waals surface area contributed by atoms with Gasteiger partial charge in [0.25, 0.3) is 0 Å². The lowest BCUT2D eigenvalue weighted by Gasteiger charge is -2.11. The van der Waals surface area contributed by atoms with E-state index >= 15 is 0 Å². The number of aryl methyl sites for hydroxylation is 1. The quantitative estimate of drug-likeness (QED) is 0.596. The minimum absolute atomic E-state index is 0.506. The van der Waals surface area contributed by atoms with Gasteiger partial charge in [-0.1, -0.05) is 30.3 Å². The number of halogens is 1. The Morgan fingerprint density at radius 3 is 2.82 bits per heavy atom.